The lowest BCUT2D eigenvalue weighted by molar-refractivity contribution is 0.947. The summed E-state index contributed by atoms with van der Waals surface area (Å²) in [4.78, 5) is 1.38. The number of thiophene rings is 1. The second kappa shape index (κ2) is 9.00. The Morgan fingerprint density at radius 2 is 1.22 bits per heavy atom. The fraction of sp³-hybridized carbons (Fsp3) is 0.152. The molecule has 36 heavy (non-hydrogen) atoms. The van der Waals surface area contributed by atoms with E-state index in [0.29, 0.717) is 0 Å². The first kappa shape index (κ1) is 21.5. The van der Waals surface area contributed by atoms with Crippen molar-refractivity contribution in [3.8, 4) is 0 Å². The van der Waals surface area contributed by atoms with Crippen LogP contribution in [0.3, 0.4) is 0 Å². The minimum Gasteiger partial charge on any atom is -0.355 e. The molecule has 176 valence electrons. The number of hydrogen-bond acceptors (Lipinski definition) is 3. The number of benzene rings is 4. The summed E-state index contributed by atoms with van der Waals surface area (Å²) in [5.41, 5.74) is 13.3. The third kappa shape index (κ3) is 3.81. The largest absolute Gasteiger partial charge is 0.355 e. The summed E-state index contributed by atoms with van der Waals surface area (Å²) in [6.45, 7) is 0. The second-order valence-corrected chi connectivity index (χ2v) is 10.8. The molecule has 0 amide bonds. The van der Waals surface area contributed by atoms with Crippen molar-refractivity contribution in [1.82, 2.24) is 0 Å². The Morgan fingerprint density at radius 1 is 0.556 bits per heavy atom. The molecule has 3 heteroatoms. The van der Waals surface area contributed by atoms with Crippen LogP contribution in [0.2, 0.25) is 0 Å². The third-order valence-electron chi connectivity index (χ3n) is 7.68. The normalized spacial score (nSPS) is 14.6. The minimum atomic E-state index is 0.189. The topological polar surface area (TPSA) is 24.1 Å². The van der Waals surface area contributed by atoms with Gasteiger partial charge in [0.25, 0.3) is 0 Å². The molecule has 0 saturated carbocycles. The molecule has 1 atom stereocenters. The lowest BCUT2D eigenvalue weighted by atomic mass is 9.85. The molecule has 3 heterocycles. The van der Waals surface area contributed by atoms with E-state index in [9.17, 15) is 0 Å². The van der Waals surface area contributed by atoms with Gasteiger partial charge in [0, 0.05) is 33.5 Å². The molecule has 1 unspecified atom stereocenters. The van der Waals surface area contributed by atoms with Crippen molar-refractivity contribution in [3.05, 3.63) is 141 Å². The van der Waals surface area contributed by atoms with Gasteiger partial charge in [-0.15, -0.1) is 11.3 Å². The van der Waals surface area contributed by atoms with Crippen LogP contribution in [0, 0.1) is 0 Å². The Hall–Kier alpha value is -3.82. The van der Waals surface area contributed by atoms with Crippen molar-refractivity contribution in [2.24, 2.45) is 0 Å². The van der Waals surface area contributed by atoms with Crippen molar-refractivity contribution in [2.75, 3.05) is 10.6 Å². The maximum Gasteiger partial charge on any atom is 0.0459 e. The van der Waals surface area contributed by atoms with Crippen LogP contribution < -0.4 is 10.6 Å². The number of aryl methyl sites for hydroxylation is 4. The number of fused-ring (bicyclic) bond motifs is 4. The van der Waals surface area contributed by atoms with Gasteiger partial charge in [-0.05, 0) is 88.7 Å². The van der Waals surface area contributed by atoms with Gasteiger partial charge in [0.15, 0.2) is 0 Å². The van der Waals surface area contributed by atoms with E-state index in [1.807, 2.05) is 11.3 Å². The van der Waals surface area contributed by atoms with E-state index in [1.54, 1.807) is 0 Å². The van der Waals surface area contributed by atoms with Crippen LogP contribution in [0.5, 0.6) is 0 Å². The van der Waals surface area contributed by atoms with Crippen LogP contribution in [-0.4, -0.2) is 0 Å². The molecule has 0 spiro atoms. The predicted molar refractivity (Wildman–Crippen MR) is 152 cm³/mol. The maximum atomic E-state index is 3.86. The Balaban J connectivity index is 1.34. The fourth-order valence-corrected chi connectivity index (χ4v) is 6.71. The van der Waals surface area contributed by atoms with Crippen molar-refractivity contribution in [1.29, 1.82) is 0 Å². The predicted octanol–water partition coefficient (Wildman–Crippen LogP) is 8.61. The zero-order chi connectivity index (χ0) is 23.9. The number of rotatable bonds is 3. The van der Waals surface area contributed by atoms with Gasteiger partial charge in [-0.25, -0.2) is 0 Å². The van der Waals surface area contributed by atoms with Crippen molar-refractivity contribution < 1.29 is 0 Å². The molecule has 0 aliphatic carbocycles. The quantitative estimate of drug-likeness (QED) is 0.268. The number of para-hydroxylation sites is 3. The zero-order valence-corrected chi connectivity index (χ0v) is 20.9. The molecule has 2 N–H and O–H groups in total. The van der Waals surface area contributed by atoms with E-state index < -0.39 is 0 Å². The highest BCUT2D eigenvalue weighted by molar-refractivity contribution is 7.10. The Kier molecular flexibility index (Phi) is 5.36. The summed E-state index contributed by atoms with van der Waals surface area (Å²) in [7, 11) is 0. The number of hydrogen-bond donors (Lipinski definition) is 2. The molecular weight excluding hydrogens is 456 g/mol. The summed E-state index contributed by atoms with van der Waals surface area (Å²) in [5.74, 6) is 0.189. The first-order valence-corrected chi connectivity index (χ1v) is 13.7. The van der Waals surface area contributed by atoms with Crippen molar-refractivity contribution >= 4 is 34.1 Å². The van der Waals surface area contributed by atoms with Gasteiger partial charge in [0.1, 0.15) is 0 Å². The van der Waals surface area contributed by atoms with Crippen LogP contribution in [0.25, 0.3) is 0 Å². The lowest BCUT2D eigenvalue weighted by Gasteiger charge is -2.24. The van der Waals surface area contributed by atoms with Gasteiger partial charge in [-0.3, -0.25) is 0 Å². The van der Waals surface area contributed by atoms with E-state index in [-0.39, 0.29) is 5.92 Å². The molecule has 0 saturated heterocycles. The van der Waals surface area contributed by atoms with Gasteiger partial charge < -0.3 is 10.6 Å². The molecule has 5 aromatic rings. The molecule has 2 aliphatic heterocycles. The monoisotopic (exact) mass is 484 g/mol. The van der Waals surface area contributed by atoms with E-state index in [2.05, 4.69) is 113 Å². The standard InChI is InChI=1S/C33H28N2S/c1-3-11-28-22(7-1)15-17-25-21-26(18-19-30(25)34-28)32(31-13-6-20-36-31)27-10-5-9-24-16-14-23-8-2-4-12-29(23)35-33(24)27/h1-13,18-21,32,34-35H,14-17H2. The van der Waals surface area contributed by atoms with E-state index >= 15 is 0 Å². The summed E-state index contributed by atoms with van der Waals surface area (Å²) in [5, 5.41) is 9.77. The molecule has 0 radical (unpaired) electrons. The lowest BCUT2D eigenvalue weighted by Crippen LogP contribution is -2.08. The number of anilines is 4. The average Bonchev–Trinajstić information content (AvgIpc) is 3.28. The summed E-state index contributed by atoms with van der Waals surface area (Å²) >= 11 is 1.85. The summed E-state index contributed by atoms with van der Waals surface area (Å²) in [6.07, 6.45) is 4.22. The Bertz CT molecular complexity index is 1550. The minimum absolute atomic E-state index is 0.189. The molecule has 1 aromatic heterocycles. The summed E-state index contributed by atoms with van der Waals surface area (Å²) < 4.78 is 0. The molecule has 2 nitrogen and oxygen atoms in total. The Labute approximate surface area is 216 Å². The first-order chi connectivity index (χ1) is 17.8. The van der Waals surface area contributed by atoms with Gasteiger partial charge in [-0.1, -0.05) is 72.8 Å². The van der Waals surface area contributed by atoms with E-state index in [0.717, 1.165) is 25.7 Å². The Morgan fingerprint density at radius 3 is 2.00 bits per heavy atom. The molecule has 7 rings (SSSR count). The van der Waals surface area contributed by atoms with Crippen LogP contribution in [-0.2, 0) is 25.7 Å². The molecule has 2 aliphatic rings. The smallest absolute Gasteiger partial charge is 0.0459 e. The van der Waals surface area contributed by atoms with Gasteiger partial charge >= 0.3 is 0 Å². The van der Waals surface area contributed by atoms with E-state index in [1.165, 1.54) is 61.0 Å². The highest BCUT2D eigenvalue weighted by atomic mass is 32.1. The maximum absolute atomic E-state index is 3.86. The molecule has 0 fully saturated rings. The highest BCUT2D eigenvalue weighted by Crippen LogP contribution is 2.43. The van der Waals surface area contributed by atoms with Crippen molar-refractivity contribution in [2.45, 2.75) is 31.6 Å². The van der Waals surface area contributed by atoms with Crippen LogP contribution in [0.15, 0.2) is 102 Å². The molecule has 0 bridgehead atoms. The van der Waals surface area contributed by atoms with E-state index in [4.69, 9.17) is 0 Å². The average molecular weight is 485 g/mol. The van der Waals surface area contributed by atoms with Gasteiger partial charge in [-0.2, -0.15) is 0 Å². The highest BCUT2D eigenvalue weighted by Gasteiger charge is 2.25. The molecule has 4 aromatic carbocycles. The zero-order valence-electron chi connectivity index (χ0n) is 20.1. The third-order valence-corrected chi connectivity index (χ3v) is 8.61. The van der Waals surface area contributed by atoms with Gasteiger partial charge in [0.05, 0.1) is 0 Å². The van der Waals surface area contributed by atoms with Crippen LogP contribution in [0.1, 0.15) is 44.2 Å². The second-order valence-electron chi connectivity index (χ2n) is 9.81. The number of nitrogens with one attached hydrogen (secondary N) is 2. The van der Waals surface area contributed by atoms with Crippen LogP contribution in [0.4, 0.5) is 22.7 Å². The molecular formula is C33H28N2S. The van der Waals surface area contributed by atoms with Gasteiger partial charge in [0.2, 0.25) is 0 Å². The SMILES string of the molecule is c1csc(C(c2ccc3c(c2)CCc2ccccc2N3)c2cccc3c2Nc2ccccc2CC3)c1. The fourth-order valence-electron chi connectivity index (χ4n) is 5.83. The summed E-state index contributed by atoms with van der Waals surface area (Å²) in [6, 6.07) is 35.8. The van der Waals surface area contributed by atoms with Crippen LogP contribution >= 0.6 is 11.3 Å². The first-order valence-electron chi connectivity index (χ1n) is 12.8. The van der Waals surface area contributed by atoms with Crippen molar-refractivity contribution in [3.63, 3.8) is 0 Å².